The summed E-state index contributed by atoms with van der Waals surface area (Å²) in [5.74, 6) is 0.215. The highest BCUT2D eigenvalue weighted by Crippen LogP contribution is 2.23. The highest BCUT2D eigenvalue weighted by atomic mass is 79.9. The molecule has 0 aliphatic heterocycles. The Bertz CT molecular complexity index is 686. The number of hydrogen-bond acceptors (Lipinski definition) is 5. The van der Waals surface area contributed by atoms with Crippen molar-refractivity contribution in [2.75, 3.05) is 5.75 Å². The topological polar surface area (TPSA) is 88.9 Å². The average molecular weight is 384 g/mol. The van der Waals surface area contributed by atoms with Gasteiger partial charge in [0.25, 0.3) is 0 Å². The molecule has 0 spiro atoms. The molecule has 0 radical (unpaired) electrons. The molecule has 0 bridgehead atoms. The number of carbonyl (C=O) groups excluding carboxylic acids is 2. The van der Waals surface area contributed by atoms with Crippen LogP contribution < -0.4 is 10.9 Å². The summed E-state index contributed by atoms with van der Waals surface area (Å²) in [6, 6.07) is 7.73. The number of nitrogens with zero attached hydrogens (tertiary/aromatic N) is 3. The summed E-state index contributed by atoms with van der Waals surface area (Å²) in [4.78, 5) is 22.2. The van der Waals surface area contributed by atoms with Gasteiger partial charge in [-0.15, -0.1) is 10.2 Å². The van der Waals surface area contributed by atoms with Crippen LogP contribution in [0, 0.1) is 0 Å². The van der Waals surface area contributed by atoms with Gasteiger partial charge in [0.15, 0.2) is 11.0 Å². The molecule has 0 fully saturated rings. The molecule has 1 aromatic heterocycles. The summed E-state index contributed by atoms with van der Waals surface area (Å²) < 4.78 is 2.81. The molecular weight excluding hydrogens is 370 g/mol. The maximum Gasteiger partial charge on any atom is 0.248 e. The zero-order valence-corrected chi connectivity index (χ0v) is 14.4. The largest absolute Gasteiger partial charge is 0.305 e. The Kier molecular flexibility index (Phi) is 5.56. The molecule has 2 amide bonds. The van der Waals surface area contributed by atoms with Gasteiger partial charge in [-0.2, -0.15) is 0 Å². The van der Waals surface area contributed by atoms with Gasteiger partial charge in [0.1, 0.15) is 0 Å². The van der Waals surface area contributed by atoms with Crippen LogP contribution in [0.5, 0.6) is 0 Å². The van der Waals surface area contributed by atoms with Crippen LogP contribution in [0.4, 0.5) is 0 Å². The van der Waals surface area contributed by atoms with Crippen molar-refractivity contribution in [1.82, 2.24) is 25.6 Å². The second-order valence-corrected chi connectivity index (χ2v) is 6.25. The monoisotopic (exact) mass is 383 g/mol. The van der Waals surface area contributed by atoms with Crippen LogP contribution in [0.25, 0.3) is 11.4 Å². The summed E-state index contributed by atoms with van der Waals surface area (Å²) in [6.07, 6.45) is 0. The predicted molar refractivity (Wildman–Crippen MR) is 86.8 cm³/mol. The minimum absolute atomic E-state index is 0.132. The molecule has 0 saturated heterocycles. The van der Waals surface area contributed by atoms with Crippen LogP contribution >= 0.6 is 27.7 Å². The van der Waals surface area contributed by atoms with Crippen molar-refractivity contribution in [3.05, 3.63) is 28.7 Å². The first-order valence-electron chi connectivity index (χ1n) is 6.31. The first-order valence-corrected chi connectivity index (χ1v) is 8.09. The number of benzene rings is 1. The number of hydrogen-bond donors (Lipinski definition) is 2. The molecule has 7 nitrogen and oxygen atoms in total. The minimum atomic E-state index is -0.325. The normalized spacial score (nSPS) is 10.3. The molecule has 9 heteroatoms. The Morgan fingerprint density at radius 3 is 2.55 bits per heavy atom. The van der Waals surface area contributed by atoms with Crippen molar-refractivity contribution in [2.24, 2.45) is 7.05 Å². The summed E-state index contributed by atoms with van der Waals surface area (Å²) in [5.41, 5.74) is 5.47. The van der Waals surface area contributed by atoms with Crippen molar-refractivity contribution in [2.45, 2.75) is 12.1 Å². The SMILES string of the molecule is CC(=O)NNC(=O)CSc1nnc(-c2ccc(Br)cc2)n1C. The van der Waals surface area contributed by atoms with Gasteiger partial charge >= 0.3 is 0 Å². The third-order valence-electron chi connectivity index (χ3n) is 2.65. The highest BCUT2D eigenvalue weighted by Gasteiger charge is 2.12. The lowest BCUT2D eigenvalue weighted by Gasteiger charge is -2.05. The van der Waals surface area contributed by atoms with Crippen LogP contribution in [0.3, 0.4) is 0 Å². The average Bonchev–Trinajstić information content (AvgIpc) is 2.85. The molecule has 22 heavy (non-hydrogen) atoms. The molecule has 0 atom stereocenters. The van der Waals surface area contributed by atoms with E-state index in [0.29, 0.717) is 5.16 Å². The predicted octanol–water partition coefficient (Wildman–Crippen LogP) is 1.50. The summed E-state index contributed by atoms with van der Waals surface area (Å²) in [5, 5.41) is 8.84. The molecule has 1 aromatic carbocycles. The van der Waals surface area contributed by atoms with E-state index in [1.807, 2.05) is 35.9 Å². The van der Waals surface area contributed by atoms with E-state index in [4.69, 9.17) is 0 Å². The van der Waals surface area contributed by atoms with E-state index in [0.717, 1.165) is 15.9 Å². The van der Waals surface area contributed by atoms with E-state index in [1.165, 1.54) is 18.7 Å². The molecule has 2 N–H and O–H groups in total. The zero-order chi connectivity index (χ0) is 16.1. The molecule has 2 rings (SSSR count). The number of nitrogens with one attached hydrogen (secondary N) is 2. The van der Waals surface area contributed by atoms with Gasteiger partial charge in [0.05, 0.1) is 5.75 Å². The van der Waals surface area contributed by atoms with Crippen LogP contribution in [0.2, 0.25) is 0 Å². The van der Waals surface area contributed by atoms with E-state index >= 15 is 0 Å². The van der Waals surface area contributed by atoms with Crippen molar-refractivity contribution in [3.63, 3.8) is 0 Å². The third kappa shape index (κ3) is 4.31. The van der Waals surface area contributed by atoms with Crippen LogP contribution in [-0.2, 0) is 16.6 Å². The molecule has 0 unspecified atom stereocenters. The fraction of sp³-hybridized carbons (Fsp3) is 0.231. The number of thioether (sulfide) groups is 1. The Labute approximate surface area is 140 Å². The summed E-state index contributed by atoms with van der Waals surface area (Å²) in [7, 11) is 1.84. The number of aromatic nitrogens is 3. The zero-order valence-electron chi connectivity index (χ0n) is 12.0. The lowest BCUT2D eigenvalue weighted by Crippen LogP contribution is -2.41. The van der Waals surface area contributed by atoms with Crippen LogP contribution in [-0.4, -0.2) is 32.3 Å². The maximum absolute atomic E-state index is 11.5. The maximum atomic E-state index is 11.5. The van der Waals surface area contributed by atoms with Crippen molar-refractivity contribution in [3.8, 4) is 11.4 Å². The van der Waals surface area contributed by atoms with E-state index in [2.05, 4.69) is 37.0 Å². The number of rotatable bonds is 4. The Hall–Kier alpha value is -1.87. The van der Waals surface area contributed by atoms with Gasteiger partial charge in [0.2, 0.25) is 11.8 Å². The van der Waals surface area contributed by atoms with Crippen molar-refractivity contribution < 1.29 is 9.59 Å². The first-order chi connectivity index (χ1) is 10.5. The van der Waals surface area contributed by atoms with Gasteiger partial charge in [-0.05, 0) is 12.1 Å². The molecule has 0 saturated carbocycles. The molecule has 1 heterocycles. The second kappa shape index (κ2) is 7.41. The van der Waals surface area contributed by atoms with Gasteiger partial charge in [-0.25, -0.2) is 0 Å². The lowest BCUT2D eigenvalue weighted by molar-refractivity contribution is -0.126. The Morgan fingerprint density at radius 2 is 1.91 bits per heavy atom. The highest BCUT2D eigenvalue weighted by molar-refractivity contribution is 9.10. The molecular formula is C13H14BrN5O2S. The number of hydrazine groups is 1. The quantitative estimate of drug-likeness (QED) is 0.616. The van der Waals surface area contributed by atoms with Crippen LogP contribution in [0.1, 0.15) is 6.92 Å². The number of carbonyl (C=O) groups is 2. The standard InChI is InChI=1S/C13H14BrN5O2S/c1-8(20)15-16-11(21)7-22-13-18-17-12(19(13)2)9-3-5-10(14)6-4-9/h3-6H,7H2,1-2H3,(H,15,20)(H,16,21). The van der Waals surface area contributed by atoms with E-state index in [-0.39, 0.29) is 17.6 Å². The van der Waals surface area contributed by atoms with Gasteiger partial charge in [-0.1, -0.05) is 39.8 Å². The Balaban J connectivity index is 2.00. The first kappa shape index (κ1) is 16.5. The van der Waals surface area contributed by atoms with Gasteiger partial charge in [0, 0.05) is 24.0 Å². The fourth-order valence-electron chi connectivity index (χ4n) is 1.61. The second-order valence-electron chi connectivity index (χ2n) is 4.39. The molecule has 2 aromatic rings. The van der Waals surface area contributed by atoms with Crippen LogP contribution in [0.15, 0.2) is 33.9 Å². The van der Waals surface area contributed by atoms with Crippen molar-refractivity contribution >= 4 is 39.5 Å². The fourth-order valence-corrected chi connectivity index (χ4v) is 2.59. The van der Waals surface area contributed by atoms with Crippen molar-refractivity contribution in [1.29, 1.82) is 0 Å². The number of amides is 2. The molecule has 116 valence electrons. The number of halogens is 1. The summed E-state index contributed by atoms with van der Waals surface area (Å²) in [6.45, 7) is 1.32. The third-order valence-corrected chi connectivity index (χ3v) is 4.20. The molecule has 0 aliphatic rings. The minimum Gasteiger partial charge on any atom is -0.305 e. The summed E-state index contributed by atoms with van der Waals surface area (Å²) >= 11 is 4.63. The van der Waals surface area contributed by atoms with Gasteiger partial charge < -0.3 is 4.57 Å². The lowest BCUT2D eigenvalue weighted by atomic mass is 10.2. The molecule has 0 aliphatic carbocycles. The van der Waals surface area contributed by atoms with E-state index < -0.39 is 0 Å². The smallest absolute Gasteiger partial charge is 0.248 e. The van der Waals surface area contributed by atoms with E-state index in [9.17, 15) is 9.59 Å². The Morgan fingerprint density at radius 1 is 1.23 bits per heavy atom. The van der Waals surface area contributed by atoms with E-state index in [1.54, 1.807) is 0 Å². The van der Waals surface area contributed by atoms with Gasteiger partial charge in [-0.3, -0.25) is 20.4 Å².